The highest BCUT2D eigenvalue weighted by molar-refractivity contribution is 7.80. The smallest absolute Gasteiger partial charge is 0.328 e. The Bertz CT molecular complexity index is 631. The minimum Gasteiger partial charge on any atom is -0.481 e. The summed E-state index contributed by atoms with van der Waals surface area (Å²) in [4.78, 5) is 59.0. The minimum absolute atomic E-state index is 0.0228. The number of thiol groups is 1. The molecule has 3 amide bonds. The summed E-state index contributed by atoms with van der Waals surface area (Å²) in [6.45, 7) is 2.71. The van der Waals surface area contributed by atoms with Gasteiger partial charge >= 0.3 is 11.9 Å². The number of nitrogens with two attached hydrogens (primary N) is 1. The predicted molar refractivity (Wildman–Crippen MR) is 109 cm³/mol. The summed E-state index contributed by atoms with van der Waals surface area (Å²) >= 11 is 3.92. The van der Waals surface area contributed by atoms with E-state index in [0.717, 1.165) is 0 Å². The average molecular weight is 451 g/mol. The number of carboxylic acid groups (broad SMARTS) is 2. The normalized spacial score (nSPS) is 14.9. The van der Waals surface area contributed by atoms with Crippen LogP contribution in [0.2, 0.25) is 0 Å². The number of carbonyl (C=O) groups excluding carboxylic acids is 3. The van der Waals surface area contributed by atoms with E-state index in [1.54, 1.807) is 13.8 Å². The molecule has 0 saturated carbocycles. The molecule has 0 aromatic heterocycles. The van der Waals surface area contributed by atoms with Crippen LogP contribution in [0.1, 0.15) is 33.1 Å². The zero-order valence-electron chi connectivity index (χ0n) is 16.8. The summed E-state index contributed by atoms with van der Waals surface area (Å²) in [5.41, 5.74) is 5.60. The Morgan fingerprint density at radius 3 is 1.83 bits per heavy atom. The molecule has 0 aromatic carbocycles. The molecule has 0 fully saturated rings. The maximum atomic E-state index is 12.7. The molecule has 0 saturated heterocycles. The number of hydrogen-bond acceptors (Lipinski definition) is 8. The molecule has 0 aliphatic carbocycles. The number of aliphatic hydroxyl groups is 1. The first-order valence-electron chi connectivity index (χ1n) is 9.25. The second-order valence-electron chi connectivity index (χ2n) is 7.06. The Balaban J connectivity index is 5.43. The zero-order valence-corrected chi connectivity index (χ0v) is 17.7. The second kappa shape index (κ2) is 13.8. The molecule has 0 aromatic rings. The van der Waals surface area contributed by atoms with Crippen molar-refractivity contribution in [1.82, 2.24) is 16.0 Å². The fourth-order valence-corrected chi connectivity index (χ4v) is 2.50. The minimum atomic E-state index is -1.62. The van der Waals surface area contributed by atoms with Crippen molar-refractivity contribution in [3.05, 3.63) is 0 Å². The van der Waals surface area contributed by atoms with Gasteiger partial charge in [-0.1, -0.05) is 13.8 Å². The lowest BCUT2D eigenvalue weighted by Crippen LogP contribution is -2.57. The number of nitrogens with one attached hydrogen (secondary N) is 3. The van der Waals surface area contributed by atoms with Crippen LogP contribution in [0.5, 0.6) is 0 Å². The quantitative estimate of drug-likeness (QED) is 0.133. The number of hydrogen-bond donors (Lipinski definition) is 8. The average Bonchev–Trinajstić information content (AvgIpc) is 2.66. The Kier molecular flexibility index (Phi) is 12.7. The lowest BCUT2D eigenvalue weighted by Gasteiger charge is -2.25. The van der Waals surface area contributed by atoms with E-state index in [2.05, 4.69) is 23.3 Å². The van der Waals surface area contributed by atoms with Gasteiger partial charge in [-0.15, -0.1) is 0 Å². The molecule has 0 spiro atoms. The van der Waals surface area contributed by atoms with Crippen molar-refractivity contribution in [3.8, 4) is 0 Å². The molecule has 4 atom stereocenters. The SMILES string of the molecule is CC(C)CC(NC(=O)C(N)CS)C(=O)NC(CCC(=O)O)C(=O)NC(CO)C(=O)O. The van der Waals surface area contributed by atoms with Gasteiger partial charge in [-0.3, -0.25) is 19.2 Å². The van der Waals surface area contributed by atoms with Gasteiger partial charge in [-0.05, 0) is 18.8 Å². The third-order valence-corrected chi connectivity index (χ3v) is 4.34. The molecule has 0 aliphatic rings. The first-order valence-corrected chi connectivity index (χ1v) is 9.89. The third-order valence-electron chi connectivity index (χ3n) is 3.95. The number of carbonyl (C=O) groups is 5. The molecule has 0 rings (SSSR count). The van der Waals surface area contributed by atoms with Crippen molar-refractivity contribution in [2.45, 2.75) is 57.3 Å². The number of rotatable bonds is 14. The Hall–Kier alpha value is -2.38. The zero-order chi connectivity index (χ0) is 23.4. The van der Waals surface area contributed by atoms with Crippen molar-refractivity contribution >= 4 is 42.3 Å². The van der Waals surface area contributed by atoms with E-state index >= 15 is 0 Å². The summed E-state index contributed by atoms with van der Waals surface area (Å²) in [7, 11) is 0. The maximum absolute atomic E-state index is 12.7. The monoisotopic (exact) mass is 450 g/mol. The summed E-state index contributed by atoms with van der Waals surface area (Å²) in [6, 6.07) is -5.03. The van der Waals surface area contributed by atoms with Crippen LogP contribution in [0, 0.1) is 5.92 Å². The van der Waals surface area contributed by atoms with Crippen LogP contribution < -0.4 is 21.7 Å². The van der Waals surface area contributed by atoms with Gasteiger partial charge in [-0.2, -0.15) is 12.6 Å². The molecule has 30 heavy (non-hydrogen) atoms. The van der Waals surface area contributed by atoms with E-state index in [1.807, 2.05) is 5.32 Å². The van der Waals surface area contributed by atoms with Crippen molar-refractivity contribution in [1.29, 1.82) is 0 Å². The van der Waals surface area contributed by atoms with Crippen molar-refractivity contribution in [2.24, 2.45) is 11.7 Å². The van der Waals surface area contributed by atoms with Crippen LogP contribution in [-0.2, 0) is 24.0 Å². The Morgan fingerprint density at radius 1 is 0.900 bits per heavy atom. The molecule has 172 valence electrons. The van der Waals surface area contributed by atoms with E-state index in [-0.39, 0.29) is 24.5 Å². The number of carboxylic acids is 2. The molecule has 0 bridgehead atoms. The highest BCUT2D eigenvalue weighted by Crippen LogP contribution is 2.07. The third kappa shape index (κ3) is 10.4. The van der Waals surface area contributed by atoms with Crippen molar-refractivity contribution in [2.75, 3.05) is 12.4 Å². The summed E-state index contributed by atoms with van der Waals surface area (Å²) in [5, 5.41) is 33.7. The van der Waals surface area contributed by atoms with Gasteiger partial charge < -0.3 is 37.0 Å². The van der Waals surface area contributed by atoms with Gasteiger partial charge in [0.15, 0.2) is 0 Å². The second-order valence-corrected chi connectivity index (χ2v) is 7.42. The lowest BCUT2D eigenvalue weighted by molar-refractivity contribution is -0.144. The highest BCUT2D eigenvalue weighted by atomic mass is 32.1. The fourth-order valence-electron chi connectivity index (χ4n) is 2.33. The molecule has 13 heteroatoms. The van der Waals surface area contributed by atoms with E-state index < -0.39 is 66.9 Å². The molecule has 0 radical (unpaired) electrons. The lowest BCUT2D eigenvalue weighted by atomic mass is 10.0. The summed E-state index contributed by atoms with van der Waals surface area (Å²) in [5.74, 6) is -5.07. The maximum Gasteiger partial charge on any atom is 0.328 e. The van der Waals surface area contributed by atoms with Crippen LogP contribution in [0.4, 0.5) is 0 Å². The van der Waals surface area contributed by atoms with E-state index in [9.17, 15) is 24.0 Å². The fraction of sp³-hybridized carbons (Fsp3) is 0.706. The van der Waals surface area contributed by atoms with Crippen LogP contribution >= 0.6 is 12.6 Å². The van der Waals surface area contributed by atoms with E-state index in [4.69, 9.17) is 21.1 Å². The largest absolute Gasteiger partial charge is 0.481 e. The van der Waals surface area contributed by atoms with Gasteiger partial charge in [0.2, 0.25) is 17.7 Å². The first kappa shape index (κ1) is 27.6. The van der Waals surface area contributed by atoms with Gasteiger partial charge in [-0.25, -0.2) is 4.79 Å². The van der Waals surface area contributed by atoms with Crippen LogP contribution in [0.25, 0.3) is 0 Å². The van der Waals surface area contributed by atoms with Crippen LogP contribution in [0.3, 0.4) is 0 Å². The molecule has 8 N–H and O–H groups in total. The number of aliphatic hydroxyl groups excluding tert-OH is 1. The van der Waals surface area contributed by atoms with Gasteiger partial charge in [0, 0.05) is 12.2 Å². The summed E-state index contributed by atoms with van der Waals surface area (Å²) < 4.78 is 0. The molecular formula is C17H30N4O8S. The van der Waals surface area contributed by atoms with Gasteiger partial charge in [0.05, 0.1) is 12.6 Å². The van der Waals surface area contributed by atoms with E-state index in [1.165, 1.54) is 0 Å². The first-order chi connectivity index (χ1) is 13.9. The standard InChI is InChI=1S/C17H30N4O8S/c1-8(2)5-11(20-14(25)9(18)7-30)16(27)19-10(3-4-13(23)24)15(26)21-12(6-22)17(28)29/h8-12,22,30H,3-7,18H2,1-2H3,(H,19,27)(H,20,25)(H,21,26)(H,23,24)(H,28,29). The number of aliphatic carboxylic acids is 2. The molecular weight excluding hydrogens is 420 g/mol. The number of amides is 3. The molecule has 0 aliphatic heterocycles. The topological polar surface area (TPSA) is 208 Å². The molecule has 0 heterocycles. The van der Waals surface area contributed by atoms with Gasteiger partial charge in [0.1, 0.15) is 18.1 Å². The van der Waals surface area contributed by atoms with Crippen molar-refractivity contribution < 1.29 is 39.3 Å². The van der Waals surface area contributed by atoms with Gasteiger partial charge in [0.25, 0.3) is 0 Å². The van der Waals surface area contributed by atoms with Crippen molar-refractivity contribution in [3.63, 3.8) is 0 Å². The highest BCUT2D eigenvalue weighted by Gasteiger charge is 2.30. The van der Waals surface area contributed by atoms with Crippen LogP contribution in [0.15, 0.2) is 0 Å². The summed E-state index contributed by atoms with van der Waals surface area (Å²) in [6.07, 6.45) is -0.608. The molecule has 4 unspecified atom stereocenters. The Morgan fingerprint density at radius 2 is 1.40 bits per heavy atom. The Labute approximate surface area is 179 Å². The molecule has 12 nitrogen and oxygen atoms in total. The van der Waals surface area contributed by atoms with Crippen LogP contribution in [-0.4, -0.2) is 81.5 Å². The predicted octanol–water partition coefficient (Wildman–Crippen LogP) is -2.31. The van der Waals surface area contributed by atoms with E-state index in [0.29, 0.717) is 0 Å².